The molecule has 3 nitrogen and oxygen atoms in total. The predicted octanol–water partition coefficient (Wildman–Crippen LogP) is 3.78. The minimum atomic E-state index is -1.65. The van der Waals surface area contributed by atoms with Crippen molar-refractivity contribution in [3.8, 4) is 0 Å². The van der Waals surface area contributed by atoms with Gasteiger partial charge in [0.1, 0.15) is 10.0 Å². The van der Waals surface area contributed by atoms with Gasteiger partial charge in [-0.15, -0.1) is 0 Å². The molecule has 0 saturated carbocycles. The van der Waals surface area contributed by atoms with Crippen LogP contribution in [0.2, 0.25) is 0 Å². The Morgan fingerprint density at radius 1 is 1.00 bits per heavy atom. The van der Waals surface area contributed by atoms with Crippen molar-refractivity contribution in [1.82, 2.24) is 3.97 Å². The van der Waals surface area contributed by atoms with Gasteiger partial charge in [-0.25, -0.2) is 8.42 Å². The minimum absolute atomic E-state index is 0.494. The van der Waals surface area contributed by atoms with Gasteiger partial charge in [-0.2, -0.15) is 0 Å². The third-order valence-electron chi connectivity index (χ3n) is 3.27. The maximum absolute atomic E-state index is 12.7. The van der Waals surface area contributed by atoms with E-state index in [0.29, 0.717) is 9.79 Å². The van der Waals surface area contributed by atoms with Crippen molar-refractivity contribution >= 4 is 42.6 Å². The zero-order valence-electron chi connectivity index (χ0n) is 11.2. The molecule has 0 aliphatic heterocycles. The Bertz CT molecular complexity index is 859. The number of rotatable bonds is 3. The molecule has 0 aliphatic rings. The van der Waals surface area contributed by atoms with Crippen LogP contribution in [0.25, 0.3) is 10.9 Å². The molecule has 2 aromatic carbocycles. The number of benzene rings is 2. The minimum Gasteiger partial charge on any atom is -0.261 e. The van der Waals surface area contributed by atoms with Gasteiger partial charge in [-0.3, -0.25) is 3.97 Å². The normalized spacial score (nSPS) is 14.2. The zero-order chi connectivity index (χ0) is 15.0. The standard InChI is InChI=1S/C15H12ClNO2S2/c1-11-6-5-9-13-15(11)14(20(16)18)10-17(13)21(19)12-7-3-2-4-8-12/h2-10H,1H3. The number of hydrogen-bond donors (Lipinski definition) is 0. The van der Waals surface area contributed by atoms with E-state index in [1.807, 2.05) is 43.3 Å². The van der Waals surface area contributed by atoms with Gasteiger partial charge < -0.3 is 0 Å². The first-order valence-electron chi connectivity index (χ1n) is 6.25. The first kappa shape index (κ1) is 14.5. The Labute approximate surface area is 132 Å². The first-order valence-corrected chi connectivity index (χ1v) is 9.34. The second-order valence-corrected chi connectivity index (χ2v) is 7.66. The summed E-state index contributed by atoms with van der Waals surface area (Å²) in [6.45, 7) is 1.92. The van der Waals surface area contributed by atoms with E-state index in [1.165, 1.54) is 0 Å². The fraction of sp³-hybridized carbons (Fsp3) is 0.0667. The molecular weight excluding hydrogens is 326 g/mol. The van der Waals surface area contributed by atoms with E-state index < -0.39 is 21.0 Å². The summed E-state index contributed by atoms with van der Waals surface area (Å²) in [6, 6.07) is 14.8. The van der Waals surface area contributed by atoms with Crippen molar-refractivity contribution in [1.29, 1.82) is 0 Å². The van der Waals surface area contributed by atoms with Crippen LogP contribution in [0.4, 0.5) is 0 Å². The van der Waals surface area contributed by atoms with Crippen LogP contribution in [-0.4, -0.2) is 12.4 Å². The molecule has 0 fully saturated rings. The van der Waals surface area contributed by atoms with Gasteiger partial charge in [0.25, 0.3) is 0 Å². The lowest BCUT2D eigenvalue weighted by atomic mass is 10.1. The lowest BCUT2D eigenvalue weighted by Gasteiger charge is -2.05. The molecule has 0 N–H and O–H groups in total. The number of hydrogen-bond acceptors (Lipinski definition) is 2. The Balaban J connectivity index is 2.27. The van der Waals surface area contributed by atoms with E-state index in [1.54, 1.807) is 22.3 Å². The Morgan fingerprint density at radius 2 is 1.71 bits per heavy atom. The summed E-state index contributed by atoms with van der Waals surface area (Å²) < 4.78 is 26.1. The lowest BCUT2D eigenvalue weighted by molar-refractivity contribution is 0.678. The third-order valence-corrected chi connectivity index (χ3v) is 5.75. The summed E-state index contributed by atoms with van der Waals surface area (Å²) in [4.78, 5) is 1.18. The molecule has 3 rings (SSSR count). The van der Waals surface area contributed by atoms with Gasteiger partial charge >= 0.3 is 0 Å². The van der Waals surface area contributed by atoms with Crippen LogP contribution in [0.1, 0.15) is 5.56 Å². The molecule has 108 valence electrons. The highest BCUT2D eigenvalue weighted by Crippen LogP contribution is 2.30. The molecule has 0 amide bonds. The average Bonchev–Trinajstić information content (AvgIpc) is 2.88. The molecule has 1 aromatic heterocycles. The molecule has 2 atom stereocenters. The highest BCUT2D eigenvalue weighted by atomic mass is 35.7. The van der Waals surface area contributed by atoms with Gasteiger partial charge in [-0.1, -0.05) is 30.3 Å². The van der Waals surface area contributed by atoms with Gasteiger partial charge in [0.15, 0.2) is 11.0 Å². The van der Waals surface area contributed by atoms with Crippen molar-refractivity contribution in [2.24, 2.45) is 0 Å². The summed E-state index contributed by atoms with van der Waals surface area (Å²) >= 11 is 0. The molecule has 0 saturated heterocycles. The van der Waals surface area contributed by atoms with E-state index in [-0.39, 0.29) is 0 Å². The van der Waals surface area contributed by atoms with Crippen LogP contribution in [0.5, 0.6) is 0 Å². The molecule has 2 unspecified atom stereocenters. The Morgan fingerprint density at radius 3 is 2.38 bits per heavy atom. The number of fused-ring (bicyclic) bond motifs is 1. The summed E-state index contributed by atoms with van der Waals surface area (Å²) in [5.41, 5.74) is 1.72. The average molecular weight is 338 g/mol. The molecule has 1 heterocycles. The largest absolute Gasteiger partial charge is 0.261 e. The van der Waals surface area contributed by atoms with Crippen LogP contribution in [0, 0.1) is 6.92 Å². The van der Waals surface area contributed by atoms with Gasteiger partial charge in [0, 0.05) is 11.6 Å². The Kier molecular flexibility index (Phi) is 3.97. The van der Waals surface area contributed by atoms with Gasteiger partial charge in [-0.05, 0) is 41.4 Å². The van der Waals surface area contributed by atoms with Crippen molar-refractivity contribution in [3.63, 3.8) is 0 Å². The van der Waals surface area contributed by atoms with Crippen molar-refractivity contribution in [3.05, 3.63) is 60.3 Å². The van der Waals surface area contributed by atoms with Crippen molar-refractivity contribution < 1.29 is 8.42 Å². The molecule has 0 radical (unpaired) electrons. The third kappa shape index (κ3) is 2.57. The highest BCUT2D eigenvalue weighted by molar-refractivity contribution is 8.08. The van der Waals surface area contributed by atoms with Crippen LogP contribution in [0.3, 0.4) is 0 Å². The zero-order valence-corrected chi connectivity index (χ0v) is 13.5. The SMILES string of the molecule is Cc1cccc2c1c(S(=O)Cl)cn2S(=O)c1ccccc1. The quantitative estimate of drug-likeness (QED) is 0.682. The maximum atomic E-state index is 12.7. The second-order valence-electron chi connectivity index (χ2n) is 4.57. The van der Waals surface area contributed by atoms with Crippen molar-refractivity contribution in [2.75, 3.05) is 0 Å². The Hall–Kier alpha value is -1.43. The maximum Gasteiger partial charge on any atom is 0.157 e. The number of aromatic nitrogens is 1. The summed E-state index contributed by atoms with van der Waals surface area (Å²) in [7, 11) is 2.73. The molecular formula is C15H12ClNO2S2. The van der Waals surface area contributed by atoms with E-state index in [0.717, 1.165) is 16.5 Å². The summed E-state index contributed by atoms with van der Waals surface area (Å²) in [6.07, 6.45) is 1.61. The van der Waals surface area contributed by atoms with E-state index in [9.17, 15) is 8.42 Å². The van der Waals surface area contributed by atoms with E-state index in [2.05, 4.69) is 0 Å². The highest BCUT2D eigenvalue weighted by Gasteiger charge is 2.18. The van der Waals surface area contributed by atoms with E-state index >= 15 is 0 Å². The smallest absolute Gasteiger partial charge is 0.157 e. The molecule has 0 spiro atoms. The number of halogens is 1. The van der Waals surface area contributed by atoms with Crippen LogP contribution in [0.15, 0.2) is 64.5 Å². The monoisotopic (exact) mass is 337 g/mol. The second kappa shape index (κ2) is 5.75. The lowest BCUT2D eigenvalue weighted by Crippen LogP contribution is -2.03. The number of nitrogens with zero attached hydrogens (tertiary/aromatic N) is 1. The first-order chi connectivity index (χ1) is 10.1. The molecule has 6 heteroatoms. The van der Waals surface area contributed by atoms with Gasteiger partial charge in [0.2, 0.25) is 0 Å². The summed E-state index contributed by atoms with van der Waals surface area (Å²) in [5, 5.41) is 0.801. The van der Waals surface area contributed by atoms with Crippen LogP contribution in [-0.2, 0) is 21.0 Å². The molecule has 21 heavy (non-hydrogen) atoms. The van der Waals surface area contributed by atoms with Gasteiger partial charge in [0.05, 0.1) is 15.3 Å². The predicted molar refractivity (Wildman–Crippen MR) is 87.2 cm³/mol. The topological polar surface area (TPSA) is 39.1 Å². The fourth-order valence-corrected chi connectivity index (χ4v) is 4.49. The molecule has 3 aromatic rings. The number of aryl methyl sites for hydroxylation is 1. The van der Waals surface area contributed by atoms with Crippen molar-refractivity contribution in [2.45, 2.75) is 16.7 Å². The van der Waals surface area contributed by atoms with Crippen LogP contribution >= 0.6 is 10.7 Å². The summed E-state index contributed by atoms with van der Waals surface area (Å²) in [5.74, 6) is 0. The molecule has 0 bridgehead atoms. The van der Waals surface area contributed by atoms with E-state index in [4.69, 9.17) is 10.7 Å². The fourth-order valence-electron chi connectivity index (χ4n) is 2.31. The molecule has 0 aliphatic carbocycles. The van der Waals surface area contributed by atoms with Crippen LogP contribution < -0.4 is 0 Å².